The van der Waals surface area contributed by atoms with Gasteiger partial charge in [0.15, 0.2) is 0 Å². The zero-order valence-electron chi connectivity index (χ0n) is 19.9. The highest BCUT2D eigenvalue weighted by atomic mass is 35.5. The number of carbonyl (C=O) groups is 1. The third kappa shape index (κ3) is 5.09. The lowest BCUT2D eigenvalue weighted by Gasteiger charge is -2.24. The van der Waals surface area contributed by atoms with Gasteiger partial charge in [0, 0.05) is 5.56 Å². The maximum Gasteiger partial charge on any atom is 0.264 e. The van der Waals surface area contributed by atoms with Crippen molar-refractivity contribution in [2.24, 2.45) is 5.10 Å². The Labute approximate surface area is 230 Å². The molecule has 0 unspecified atom stereocenters. The van der Waals surface area contributed by atoms with E-state index in [1.165, 1.54) is 18.2 Å². The summed E-state index contributed by atoms with van der Waals surface area (Å²) >= 11 is 12.5. The summed E-state index contributed by atoms with van der Waals surface area (Å²) in [5.74, 6) is -0.652. The van der Waals surface area contributed by atoms with E-state index in [-0.39, 0.29) is 20.6 Å². The van der Waals surface area contributed by atoms with E-state index in [2.05, 4.69) is 16.6 Å². The summed E-state index contributed by atoms with van der Waals surface area (Å²) in [5, 5.41) is 8.39. The van der Waals surface area contributed by atoms with Gasteiger partial charge in [-0.3, -0.25) is 9.10 Å². The highest BCUT2D eigenvalue weighted by Gasteiger charge is 2.29. The van der Waals surface area contributed by atoms with E-state index in [0.29, 0.717) is 0 Å². The quantitative estimate of drug-likeness (QED) is 0.137. The van der Waals surface area contributed by atoms with Crippen LogP contribution in [-0.2, 0) is 14.8 Å². The molecular formula is C29H21Cl2N3O3S. The van der Waals surface area contributed by atoms with Crippen molar-refractivity contribution in [2.45, 2.75) is 4.90 Å². The third-order valence-corrected chi connectivity index (χ3v) is 8.60. The number of anilines is 1. The molecule has 190 valence electrons. The van der Waals surface area contributed by atoms with E-state index < -0.39 is 22.5 Å². The van der Waals surface area contributed by atoms with Crippen LogP contribution in [0.2, 0.25) is 10.0 Å². The first-order chi connectivity index (χ1) is 18.4. The van der Waals surface area contributed by atoms with E-state index in [4.69, 9.17) is 23.2 Å². The summed E-state index contributed by atoms with van der Waals surface area (Å²) in [7, 11) is -4.15. The zero-order valence-corrected chi connectivity index (χ0v) is 22.2. The van der Waals surface area contributed by atoms with Crippen LogP contribution in [-0.4, -0.2) is 27.1 Å². The molecule has 5 aromatic carbocycles. The number of amides is 1. The molecule has 0 spiro atoms. The van der Waals surface area contributed by atoms with Crippen LogP contribution in [0.4, 0.5) is 5.69 Å². The second kappa shape index (κ2) is 10.8. The molecule has 0 aliphatic rings. The fourth-order valence-corrected chi connectivity index (χ4v) is 6.13. The van der Waals surface area contributed by atoms with Gasteiger partial charge in [-0.1, -0.05) is 96.0 Å². The second-order valence-electron chi connectivity index (χ2n) is 8.42. The second-order valence-corrected chi connectivity index (χ2v) is 11.1. The van der Waals surface area contributed by atoms with Gasteiger partial charge in [0.25, 0.3) is 15.9 Å². The molecule has 38 heavy (non-hydrogen) atoms. The standard InChI is InChI=1S/C29H21Cl2N3O3S/c30-26-15-8-16-27(29(26)31)34(38(36,37)22-11-2-1-3-12-22)19-28(35)33-32-18-25-23-13-6-4-9-20(23)17-21-10-5-7-14-24(21)25/h1-18H,19H2,(H,33,35)/b32-18-. The lowest BCUT2D eigenvalue weighted by Crippen LogP contribution is -2.39. The van der Waals surface area contributed by atoms with Crippen LogP contribution >= 0.6 is 23.2 Å². The van der Waals surface area contributed by atoms with Gasteiger partial charge >= 0.3 is 0 Å². The van der Waals surface area contributed by atoms with Gasteiger partial charge in [-0.2, -0.15) is 5.10 Å². The van der Waals surface area contributed by atoms with Crippen molar-refractivity contribution < 1.29 is 13.2 Å². The van der Waals surface area contributed by atoms with Gasteiger partial charge < -0.3 is 0 Å². The number of rotatable bonds is 7. The maximum atomic E-state index is 13.5. The third-order valence-electron chi connectivity index (χ3n) is 6.01. The Bertz CT molecular complexity index is 1740. The predicted octanol–water partition coefficient (Wildman–Crippen LogP) is 6.65. The van der Waals surface area contributed by atoms with Crippen LogP contribution in [0, 0.1) is 0 Å². The summed E-state index contributed by atoms with van der Waals surface area (Å²) < 4.78 is 28.0. The molecule has 0 aliphatic heterocycles. The van der Waals surface area contributed by atoms with Gasteiger partial charge in [0.2, 0.25) is 0 Å². The topological polar surface area (TPSA) is 78.8 Å². The summed E-state index contributed by atoms with van der Waals surface area (Å²) in [6, 6.07) is 30.3. The van der Waals surface area contributed by atoms with Crippen molar-refractivity contribution in [3.8, 4) is 0 Å². The maximum absolute atomic E-state index is 13.5. The van der Waals surface area contributed by atoms with Crippen molar-refractivity contribution in [2.75, 3.05) is 10.8 Å². The lowest BCUT2D eigenvalue weighted by molar-refractivity contribution is -0.119. The molecule has 5 aromatic rings. The molecule has 1 N–H and O–H groups in total. The van der Waals surface area contributed by atoms with Crippen molar-refractivity contribution in [1.29, 1.82) is 0 Å². The summed E-state index contributed by atoms with van der Waals surface area (Å²) in [6.45, 7) is -0.565. The SMILES string of the molecule is O=C(CN(c1cccc(Cl)c1Cl)S(=O)(=O)c1ccccc1)N/N=C\c1c2ccccc2cc2ccccc12. The molecule has 6 nitrogen and oxygen atoms in total. The monoisotopic (exact) mass is 561 g/mol. The Morgan fingerprint density at radius 2 is 1.42 bits per heavy atom. The molecule has 0 radical (unpaired) electrons. The number of sulfonamides is 1. The molecule has 0 saturated carbocycles. The van der Waals surface area contributed by atoms with Gasteiger partial charge in [0.05, 0.1) is 26.8 Å². The molecule has 0 atom stereocenters. The first-order valence-corrected chi connectivity index (χ1v) is 13.8. The van der Waals surface area contributed by atoms with Crippen LogP contribution in [0.25, 0.3) is 21.5 Å². The molecule has 0 aliphatic carbocycles. The Morgan fingerprint density at radius 3 is 2.08 bits per heavy atom. The van der Waals surface area contributed by atoms with Crippen molar-refractivity contribution >= 4 is 72.6 Å². The normalized spacial score (nSPS) is 11.7. The number of hydrazone groups is 1. The van der Waals surface area contributed by atoms with Crippen LogP contribution < -0.4 is 9.73 Å². The van der Waals surface area contributed by atoms with E-state index in [1.807, 2.05) is 48.5 Å². The van der Waals surface area contributed by atoms with Gasteiger partial charge in [-0.15, -0.1) is 0 Å². The molecule has 0 saturated heterocycles. The van der Waals surface area contributed by atoms with Crippen LogP contribution in [0.5, 0.6) is 0 Å². The lowest BCUT2D eigenvalue weighted by atomic mass is 9.97. The number of nitrogens with one attached hydrogen (secondary N) is 1. The average Bonchev–Trinajstić information content (AvgIpc) is 2.93. The molecule has 9 heteroatoms. The summed E-state index contributed by atoms with van der Waals surface area (Å²) in [4.78, 5) is 13.0. The molecule has 0 bridgehead atoms. The van der Waals surface area contributed by atoms with E-state index in [9.17, 15) is 13.2 Å². The number of halogens is 2. The highest BCUT2D eigenvalue weighted by molar-refractivity contribution is 7.92. The smallest absolute Gasteiger partial charge is 0.264 e. The zero-order chi connectivity index (χ0) is 26.7. The Kier molecular flexibility index (Phi) is 7.33. The minimum absolute atomic E-state index is 0.00886. The fraction of sp³-hybridized carbons (Fsp3) is 0.0345. The van der Waals surface area contributed by atoms with Gasteiger partial charge in [-0.05, 0) is 51.9 Å². The van der Waals surface area contributed by atoms with Crippen LogP contribution in [0.1, 0.15) is 5.56 Å². The predicted molar refractivity (Wildman–Crippen MR) is 155 cm³/mol. The minimum Gasteiger partial charge on any atom is -0.271 e. The number of fused-ring (bicyclic) bond motifs is 2. The number of benzene rings is 5. The van der Waals surface area contributed by atoms with Gasteiger partial charge in [-0.25, -0.2) is 13.8 Å². The van der Waals surface area contributed by atoms with Crippen LogP contribution in [0.15, 0.2) is 113 Å². The largest absolute Gasteiger partial charge is 0.271 e. The van der Waals surface area contributed by atoms with Gasteiger partial charge in [0.1, 0.15) is 6.54 Å². The highest BCUT2D eigenvalue weighted by Crippen LogP contribution is 2.35. The Balaban J connectivity index is 1.47. The molecular weight excluding hydrogens is 541 g/mol. The van der Waals surface area contributed by atoms with Crippen molar-refractivity contribution in [3.63, 3.8) is 0 Å². The Hall–Kier alpha value is -3.91. The summed E-state index contributed by atoms with van der Waals surface area (Å²) in [5.41, 5.74) is 3.39. The fourth-order valence-electron chi connectivity index (χ4n) is 4.23. The average molecular weight is 562 g/mol. The molecule has 0 heterocycles. The number of nitrogens with zero attached hydrogens (tertiary/aromatic N) is 2. The van der Waals surface area contributed by atoms with E-state index in [1.54, 1.807) is 36.5 Å². The molecule has 5 rings (SSSR count). The van der Waals surface area contributed by atoms with E-state index in [0.717, 1.165) is 31.4 Å². The summed E-state index contributed by atoms with van der Waals surface area (Å²) in [6.07, 6.45) is 1.57. The molecule has 1 amide bonds. The molecule has 0 fully saturated rings. The Morgan fingerprint density at radius 1 is 0.816 bits per heavy atom. The minimum atomic E-state index is -4.15. The van der Waals surface area contributed by atoms with Crippen LogP contribution in [0.3, 0.4) is 0 Å². The number of hydrogen-bond acceptors (Lipinski definition) is 4. The number of carbonyl (C=O) groups excluding carboxylic acids is 1. The van der Waals surface area contributed by atoms with Crippen molar-refractivity contribution in [1.82, 2.24) is 5.43 Å². The first-order valence-electron chi connectivity index (χ1n) is 11.6. The van der Waals surface area contributed by atoms with E-state index >= 15 is 0 Å². The first kappa shape index (κ1) is 25.7. The molecule has 0 aromatic heterocycles. The number of hydrogen-bond donors (Lipinski definition) is 1. The van der Waals surface area contributed by atoms with Crippen molar-refractivity contribution in [3.05, 3.63) is 119 Å².